The third-order valence-electron chi connectivity index (χ3n) is 2.84. The number of aromatic amines is 1. The maximum atomic E-state index is 5.92. The molecule has 0 radical (unpaired) electrons. The molecule has 0 aliphatic carbocycles. The van der Waals surface area contributed by atoms with Crippen molar-refractivity contribution in [2.75, 3.05) is 5.73 Å². The maximum Gasteiger partial charge on any atom is 0.155 e. The first-order chi connectivity index (χ1) is 8.77. The Bertz CT molecular complexity index is 669. The van der Waals surface area contributed by atoms with Gasteiger partial charge in [-0.25, -0.2) is 0 Å². The van der Waals surface area contributed by atoms with Crippen LogP contribution in [-0.4, -0.2) is 15.2 Å². The van der Waals surface area contributed by atoms with Gasteiger partial charge in [0.25, 0.3) is 0 Å². The Morgan fingerprint density at radius 1 is 1.28 bits per heavy atom. The number of aromatic nitrogens is 3. The molecular weight excluding hydrogens is 228 g/mol. The number of nitrogens with two attached hydrogens (primary N) is 1. The normalized spacial score (nSPS) is 10.7. The van der Waals surface area contributed by atoms with Gasteiger partial charge >= 0.3 is 0 Å². The number of nitrogen functional groups attached to an aromatic ring is 1. The van der Waals surface area contributed by atoms with E-state index in [2.05, 4.69) is 15.2 Å². The molecule has 0 saturated carbocycles. The van der Waals surface area contributed by atoms with E-state index in [-0.39, 0.29) is 0 Å². The van der Waals surface area contributed by atoms with Gasteiger partial charge in [-0.05, 0) is 25.1 Å². The Balaban J connectivity index is 2.22. The number of hydrogen-bond donors (Lipinski definition) is 2. The quantitative estimate of drug-likeness (QED) is 0.721. The molecule has 3 aromatic heterocycles. The lowest BCUT2D eigenvalue weighted by Crippen LogP contribution is -1.90. The number of furan rings is 1. The summed E-state index contributed by atoms with van der Waals surface area (Å²) in [5, 5.41) is 7.00. The minimum Gasteiger partial charge on any atom is -0.469 e. The number of aryl methyl sites for hydroxylation is 1. The van der Waals surface area contributed by atoms with E-state index in [1.807, 2.05) is 31.2 Å². The summed E-state index contributed by atoms with van der Waals surface area (Å²) in [7, 11) is 0. The van der Waals surface area contributed by atoms with Crippen LogP contribution in [0, 0.1) is 6.92 Å². The zero-order chi connectivity index (χ0) is 12.5. The number of nitrogens with zero attached hydrogens (tertiary/aromatic N) is 2. The summed E-state index contributed by atoms with van der Waals surface area (Å²) in [6, 6.07) is 7.57. The molecule has 3 rings (SSSR count). The summed E-state index contributed by atoms with van der Waals surface area (Å²) in [6.45, 7) is 1.90. The second-order valence-electron chi connectivity index (χ2n) is 3.96. The molecule has 5 heteroatoms. The summed E-state index contributed by atoms with van der Waals surface area (Å²) < 4.78 is 5.31. The molecule has 0 amide bonds. The molecule has 3 N–H and O–H groups in total. The number of H-pyrrole nitrogens is 1. The largest absolute Gasteiger partial charge is 0.469 e. The molecule has 0 aromatic carbocycles. The average Bonchev–Trinajstić information content (AvgIpc) is 2.96. The van der Waals surface area contributed by atoms with Gasteiger partial charge in [0.05, 0.1) is 23.2 Å². The molecule has 0 bridgehead atoms. The maximum absolute atomic E-state index is 5.92. The molecular formula is C13H12N4O. The number of pyridine rings is 1. The van der Waals surface area contributed by atoms with Crippen molar-refractivity contribution in [3.8, 4) is 22.5 Å². The van der Waals surface area contributed by atoms with Gasteiger partial charge in [-0.15, -0.1) is 0 Å². The minimum absolute atomic E-state index is 0.435. The highest BCUT2D eigenvalue weighted by molar-refractivity contribution is 5.86. The summed E-state index contributed by atoms with van der Waals surface area (Å²) in [6.07, 6.45) is 3.37. The Kier molecular flexibility index (Phi) is 2.37. The van der Waals surface area contributed by atoms with E-state index in [0.717, 1.165) is 28.3 Å². The molecule has 5 nitrogen and oxygen atoms in total. The minimum atomic E-state index is 0.435. The van der Waals surface area contributed by atoms with Crippen LogP contribution in [0.3, 0.4) is 0 Å². The molecule has 0 spiro atoms. The predicted octanol–water partition coefficient (Wildman–Crippen LogP) is 2.62. The second kappa shape index (κ2) is 4.03. The van der Waals surface area contributed by atoms with Gasteiger partial charge < -0.3 is 10.2 Å². The molecule has 90 valence electrons. The lowest BCUT2D eigenvalue weighted by Gasteiger charge is -2.02. The highest BCUT2D eigenvalue weighted by Gasteiger charge is 2.18. The molecule has 3 aromatic rings. The van der Waals surface area contributed by atoms with E-state index in [9.17, 15) is 0 Å². The topological polar surface area (TPSA) is 80.7 Å². The van der Waals surface area contributed by atoms with Crippen LogP contribution in [0.15, 0.2) is 41.1 Å². The Labute approximate surface area is 104 Å². The van der Waals surface area contributed by atoms with E-state index in [4.69, 9.17) is 10.2 Å². The monoisotopic (exact) mass is 240 g/mol. The van der Waals surface area contributed by atoms with Crippen LogP contribution in [0.25, 0.3) is 22.5 Å². The molecule has 0 unspecified atom stereocenters. The van der Waals surface area contributed by atoms with Gasteiger partial charge in [-0.2, -0.15) is 5.10 Å². The van der Waals surface area contributed by atoms with E-state index in [0.29, 0.717) is 5.82 Å². The van der Waals surface area contributed by atoms with Crippen LogP contribution in [0.5, 0.6) is 0 Å². The summed E-state index contributed by atoms with van der Waals surface area (Å²) in [5.74, 6) is 1.25. The molecule has 0 aliphatic heterocycles. The van der Waals surface area contributed by atoms with Crippen molar-refractivity contribution in [1.82, 2.24) is 15.2 Å². The van der Waals surface area contributed by atoms with Gasteiger partial charge in [0.1, 0.15) is 5.76 Å². The van der Waals surface area contributed by atoms with Crippen LogP contribution in [0.1, 0.15) is 5.76 Å². The fraction of sp³-hybridized carbons (Fsp3) is 0.0769. The third kappa shape index (κ3) is 1.57. The first-order valence-corrected chi connectivity index (χ1v) is 5.57. The zero-order valence-corrected chi connectivity index (χ0v) is 9.84. The summed E-state index contributed by atoms with van der Waals surface area (Å²) in [4.78, 5) is 4.31. The van der Waals surface area contributed by atoms with Gasteiger partial charge in [0.2, 0.25) is 0 Å². The third-order valence-corrected chi connectivity index (χ3v) is 2.84. The van der Waals surface area contributed by atoms with E-state index in [1.165, 1.54) is 0 Å². The molecule has 0 atom stereocenters. The SMILES string of the molecule is Cc1occc1-c1[nH]nc(N)c1-c1ccccn1. The highest BCUT2D eigenvalue weighted by atomic mass is 16.3. The van der Waals surface area contributed by atoms with Gasteiger partial charge in [-0.1, -0.05) is 6.07 Å². The van der Waals surface area contributed by atoms with Gasteiger partial charge in [-0.3, -0.25) is 10.1 Å². The summed E-state index contributed by atoms with van der Waals surface area (Å²) in [5.41, 5.74) is 9.29. The molecule has 18 heavy (non-hydrogen) atoms. The zero-order valence-electron chi connectivity index (χ0n) is 9.84. The molecule has 3 heterocycles. The fourth-order valence-electron chi connectivity index (χ4n) is 1.97. The van der Waals surface area contributed by atoms with Crippen molar-refractivity contribution >= 4 is 5.82 Å². The van der Waals surface area contributed by atoms with Crippen molar-refractivity contribution in [2.24, 2.45) is 0 Å². The van der Waals surface area contributed by atoms with Crippen LogP contribution in [-0.2, 0) is 0 Å². The van der Waals surface area contributed by atoms with Crippen LogP contribution < -0.4 is 5.73 Å². The number of anilines is 1. The Morgan fingerprint density at radius 2 is 2.17 bits per heavy atom. The number of rotatable bonds is 2. The predicted molar refractivity (Wildman–Crippen MR) is 68.7 cm³/mol. The fourth-order valence-corrected chi connectivity index (χ4v) is 1.97. The van der Waals surface area contributed by atoms with Crippen molar-refractivity contribution in [3.05, 3.63) is 42.5 Å². The average molecular weight is 240 g/mol. The van der Waals surface area contributed by atoms with Crippen LogP contribution >= 0.6 is 0 Å². The summed E-state index contributed by atoms with van der Waals surface area (Å²) >= 11 is 0. The van der Waals surface area contributed by atoms with E-state index in [1.54, 1.807) is 12.5 Å². The van der Waals surface area contributed by atoms with Gasteiger partial charge in [0, 0.05) is 11.8 Å². The second-order valence-corrected chi connectivity index (χ2v) is 3.96. The van der Waals surface area contributed by atoms with Crippen LogP contribution in [0.2, 0.25) is 0 Å². The van der Waals surface area contributed by atoms with E-state index >= 15 is 0 Å². The molecule has 0 aliphatic rings. The van der Waals surface area contributed by atoms with Crippen molar-refractivity contribution in [1.29, 1.82) is 0 Å². The highest BCUT2D eigenvalue weighted by Crippen LogP contribution is 2.35. The number of nitrogens with one attached hydrogen (secondary N) is 1. The van der Waals surface area contributed by atoms with Crippen molar-refractivity contribution in [2.45, 2.75) is 6.92 Å². The lowest BCUT2D eigenvalue weighted by atomic mass is 10.1. The first kappa shape index (κ1) is 10.6. The molecule has 0 fully saturated rings. The standard InChI is InChI=1S/C13H12N4O/c1-8-9(5-7-18-8)12-11(13(14)17-16-12)10-4-2-3-6-15-10/h2-7H,1H3,(H3,14,16,17). The smallest absolute Gasteiger partial charge is 0.155 e. The van der Waals surface area contributed by atoms with Crippen LogP contribution in [0.4, 0.5) is 5.82 Å². The Morgan fingerprint density at radius 3 is 2.83 bits per heavy atom. The first-order valence-electron chi connectivity index (χ1n) is 5.57. The van der Waals surface area contributed by atoms with Crippen molar-refractivity contribution < 1.29 is 4.42 Å². The molecule has 0 saturated heterocycles. The van der Waals surface area contributed by atoms with E-state index < -0.39 is 0 Å². The van der Waals surface area contributed by atoms with Crippen molar-refractivity contribution in [3.63, 3.8) is 0 Å². The van der Waals surface area contributed by atoms with Gasteiger partial charge in [0.15, 0.2) is 5.82 Å². The lowest BCUT2D eigenvalue weighted by molar-refractivity contribution is 0.535. The Hall–Kier alpha value is -2.56. The number of hydrogen-bond acceptors (Lipinski definition) is 4.